The summed E-state index contributed by atoms with van der Waals surface area (Å²) >= 11 is 0. The standard InChI is InChI=1S/C65H82N14O11/c1-5-29-78(30-6-2)63(87)47-33-45-19-20-46(35-53(45)74-54(66)36-47)60(84)73-50-34-48-39-77(32-25-51(48)71-37-50)38-42-13-17-44(18-14-42)59(83)68-27-28-70-65(89)90-40-43-15-21-49(22-16-43)72-61(85)52(11-10-26-69-64(67)88)75-62(86)58(41(3)4)76-55(80)12-8-7-9-31-79-56(81)23-24-57(79)82/h13-24,33-35,37,41,52,58H,5-12,25-32,36,38-40H2,1-4H3,(H2,66,74)(H,68,83)(H,70,89)(H,72,85)(H,73,84)(H,75,86)(H,76,80)(H3,67,69,88)/t52-,58-/m0/s1. The van der Waals surface area contributed by atoms with Crippen molar-refractivity contribution in [2.75, 3.05) is 56.4 Å². The van der Waals surface area contributed by atoms with E-state index in [2.05, 4.69) is 52.1 Å². The molecule has 0 saturated carbocycles. The lowest BCUT2D eigenvalue weighted by molar-refractivity contribution is -0.137. The number of aliphatic imine (C=N–C) groups is 1. The minimum absolute atomic E-state index is 0.0596. The molecule has 0 fully saturated rings. The summed E-state index contributed by atoms with van der Waals surface area (Å²) in [7, 11) is 0. The Kier molecular flexibility index (Phi) is 25.2. The number of benzene rings is 3. The molecule has 3 aliphatic heterocycles. The van der Waals surface area contributed by atoms with Crippen LogP contribution in [0.5, 0.6) is 0 Å². The van der Waals surface area contributed by atoms with Crippen LogP contribution in [0.3, 0.4) is 0 Å². The number of nitrogens with zero attached hydrogens (tertiary/aromatic N) is 5. The van der Waals surface area contributed by atoms with Gasteiger partial charge in [0.15, 0.2) is 0 Å². The maximum Gasteiger partial charge on any atom is 0.407 e. The first kappa shape index (κ1) is 67.7. The molecule has 25 nitrogen and oxygen atoms in total. The van der Waals surface area contributed by atoms with E-state index in [9.17, 15) is 47.9 Å². The lowest BCUT2D eigenvalue weighted by atomic mass is 10.0. The first-order valence-electron chi connectivity index (χ1n) is 30.6. The molecule has 478 valence electrons. The highest BCUT2D eigenvalue weighted by molar-refractivity contribution is 6.13. The third kappa shape index (κ3) is 20.4. The van der Waals surface area contributed by atoms with Crippen molar-refractivity contribution < 1.29 is 52.7 Å². The number of ether oxygens (including phenoxy) is 1. The van der Waals surface area contributed by atoms with Gasteiger partial charge in [-0.05, 0) is 110 Å². The summed E-state index contributed by atoms with van der Waals surface area (Å²) in [6.07, 6.45) is 9.90. The number of hydrogen-bond acceptors (Lipinski definition) is 15. The van der Waals surface area contributed by atoms with Crippen LogP contribution in [0.2, 0.25) is 0 Å². The quantitative estimate of drug-likeness (QED) is 0.0223. The van der Waals surface area contributed by atoms with Gasteiger partial charge in [-0.15, -0.1) is 0 Å². The largest absolute Gasteiger partial charge is 0.445 e. The van der Waals surface area contributed by atoms with Gasteiger partial charge in [-0.25, -0.2) is 14.6 Å². The Labute approximate surface area is 523 Å². The van der Waals surface area contributed by atoms with Gasteiger partial charge in [-0.1, -0.05) is 64.4 Å². The zero-order chi connectivity index (χ0) is 64.7. The minimum Gasteiger partial charge on any atom is -0.445 e. The number of carbonyl (C=O) groups excluding carboxylic acids is 10. The molecule has 4 aromatic rings. The number of alkyl carbamates (subject to hydrolysis) is 1. The number of anilines is 2. The Morgan fingerprint density at radius 1 is 0.733 bits per heavy atom. The molecule has 0 aliphatic carbocycles. The van der Waals surface area contributed by atoms with Crippen LogP contribution < -0.4 is 48.7 Å². The maximum absolute atomic E-state index is 13.6. The highest BCUT2D eigenvalue weighted by Crippen LogP contribution is 2.30. The number of unbranched alkanes of at least 4 members (excludes halogenated alkanes) is 2. The summed E-state index contributed by atoms with van der Waals surface area (Å²) in [6.45, 7) is 11.4. The summed E-state index contributed by atoms with van der Waals surface area (Å²) in [4.78, 5) is 142. The van der Waals surface area contributed by atoms with Gasteiger partial charge in [0.05, 0.1) is 17.6 Å². The summed E-state index contributed by atoms with van der Waals surface area (Å²) in [5.74, 6) is -2.99. The van der Waals surface area contributed by atoms with Gasteiger partial charge in [0, 0.05) is 124 Å². The molecule has 11 amide bonds. The second-order valence-corrected chi connectivity index (χ2v) is 22.7. The van der Waals surface area contributed by atoms with Gasteiger partial charge in [0.2, 0.25) is 23.6 Å². The fraction of sp³-hybridized carbons (Fsp3) is 0.415. The number of amidine groups is 1. The summed E-state index contributed by atoms with van der Waals surface area (Å²) in [6, 6.07) is 18.1. The number of urea groups is 1. The predicted molar refractivity (Wildman–Crippen MR) is 339 cm³/mol. The van der Waals surface area contributed by atoms with Crippen LogP contribution >= 0.6 is 0 Å². The highest BCUT2D eigenvalue weighted by Gasteiger charge is 2.30. The van der Waals surface area contributed by atoms with Crippen LogP contribution in [0.15, 0.2) is 102 Å². The first-order valence-corrected chi connectivity index (χ1v) is 30.6. The third-order valence-electron chi connectivity index (χ3n) is 15.1. The van der Waals surface area contributed by atoms with Crippen LogP contribution in [0, 0.1) is 5.92 Å². The zero-order valence-corrected chi connectivity index (χ0v) is 51.5. The molecule has 11 N–H and O–H groups in total. The van der Waals surface area contributed by atoms with E-state index in [1.165, 1.54) is 12.2 Å². The van der Waals surface area contributed by atoms with Gasteiger partial charge in [0.25, 0.3) is 23.6 Å². The van der Waals surface area contributed by atoms with Crippen molar-refractivity contribution >= 4 is 88.4 Å². The molecule has 0 unspecified atom stereocenters. The third-order valence-corrected chi connectivity index (χ3v) is 15.1. The topological polar surface area (TPSA) is 351 Å². The van der Waals surface area contributed by atoms with Crippen molar-refractivity contribution in [3.8, 4) is 0 Å². The fourth-order valence-corrected chi connectivity index (χ4v) is 10.4. The monoisotopic (exact) mass is 1230 g/mol. The molecule has 3 aliphatic rings. The van der Waals surface area contributed by atoms with Crippen molar-refractivity contribution in [2.45, 2.75) is 124 Å². The lowest BCUT2D eigenvalue weighted by Gasteiger charge is -2.28. The number of aromatic nitrogens is 1. The van der Waals surface area contributed by atoms with Crippen molar-refractivity contribution in [3.63, 3.8) is 0 Å². The molecule has 7 rings (SSSR count). The number of nitrogens with two attached hydrogens (primary N) is 2. The summed E-state index contributed by atoms with van der Waals surface area (Å²) < 4.78 is 5.36. The fourth-order valence-electron chi connectivity index (χ4n) is 10.4. The molecule has 1 aromatic heterocycles. The zero-order valence-electron chi connectivity index (χ0n) is 51.5. The maximum atomic E-state index is 13.6. The molecule has 2 atom stereocenters. The average molecular weight is 1240 g/mol. The van der Waals surface area contributed by atoms with Crippen LogP contribution in [0.4, 0.5) is 26.7 Å². The first-order chi connectivity index (χ1) is 43.3. The molecule has 0 spiro atoms. The summed E-state index contributed by atoms with van der Waals surface area (Å²) in [5, 5.41) is 19.2. The van der Waals surface area contributed by atoms with E-state index < -0.39 is 36.0 Å². The predicted octanol–water partition coefficient (Wildman–Crippen LogP) is 5.47. The Morgan fingerprint density at radius 3 is 2.13 bits per heavy atom. The van der Waals surface area contributed by atoms with Crippen molar-refractivity contribution in [1.82, 2.24) is 46.3 Å². The number of fused-ring (bicyclic) bond motifs is 2. The number of nitrogens with one attached hydrogen (secondary N) is 7. The number of amides is 11. The van der Waals surface area contributed by atoms with Gasteiger partial charge < -0.3 is 58.3 Å². The molecule has 3 aromatic carbocycles. The molecular weight excluding hydrogens is 1150 g/mol. The second-order valence-electron chi connectivity index (χ2n) is 22.7. The van der Waals surface area contributed by atoms with Crippen LogP contribution in [0.25, 0.3) is 6.08 Å². The number of imide groups is 1. The van der Waals surface area contributed by atoms with E-state index in [1.54, 1.807) is 74.6 Å². The van der Waals surface area contributed by atoms with E-state index in [-0.39, 0.29) is 99.8 Å². The van der Waals surface area contributed by atoms with Gasteiger partial charge in [0.1, 0.15) is 24.5 Å². The van der Waals surface area contributed by atoms with Gasteiger partial charge in [-0.3, -0.25) is 53.1 Å². The molecule has 0 saturated heterocycles. The SMILES string of the molecule is CCCN(CCC)C(=O)C1=Cc2ccc(C(=O)Nc3cnc4c(c3)CN(Cc3ccc(C(=O)NCCNC(=O)OCc5ccc(NC(=O)[C@H](CCCNC(N)=O)NC(=O)[C@@H](NC(=O)CCCCCN6C(=O)C=CC6=O)C(C)C)cc5)cc3)CC4)cc2N=C(N)C1. The van der Waals surface area contributed by atoms with E-state index in [4.69, 9.17) is 16.2 Å². The molecular formula is C65H82N14O11. The number of primary amides is 1. The van der Waals surface area contributed by atoms with Crippen LogP contribution in [-0.4, -0.2) is 143 Å². The Balaban J connectivity index is 0.805. The molecule has 0 radical (unpaired) electrons. The number of pyridine rings is 1. The van der Waals surface area contributed by atoms with Gasteiger partial charge >= 0.3 is 12.1 Å². The Morgan fingerprint density at radius 2 is 1.43 bits per heavy atom. The Bertz CT molecular complexity index is 3340. The second kappa shape index (κ2) is 33.5. The summed E-state index contributed by atoms with van der Waals surface area (Å²) in [5.41, 5.74) is 18.6. The smallest absolute Gasteiger partial charge is 0.407 e. The molecule has 25 heteroatoms. The van der Waals surface area contributed by atoms with E-state index >= 15 is 0 Å². The van der Waals surface area contributed by atoms with Gasteiger partial charge in [-0.2, -0.15) is 0 Å². The van der Waals surface area contributed by atoms with Crippen molar-refractivity contribution in [2.24, 2.45) is 22.4 Å². The van der Waals surface area contributed by atoms with E-state index in [0.717, 1.165) is 47.5 Å². The molecule has 90 heavy (non-hydrogen) atoms. The number of carbonyl (C=O) groups is 10. The van der Waals surface area contributed by atoms with Crippen LogP contribution in [0.1, 0.15) is 134 Å². The highest BCUT2D eigenvalue weighted by atomic mass is 16.5. The number of rotatable bonds is 31. The molecule has 4 heterocycles. The number of hydrogen-bond donors (Lipinski definition) is 9. The van der Waals surface area contributed by atoms with E-state index in [1.807, 2.05) is 43.0 Å². The molecule has 0 bridgehead atoms. The average Bonchev–Trinajstić information content (AvgIpc) is 1.59. The lowest BCUT2D eigenvalue weighted by Crippen LogP contribution is -2.54. The minimum atomic E-state index is -1.07. The normalized spacial score (nSPS) is 14.2. The van der Waals surface area contributed by atoms with Crippen molar-refractivity contribution in [1.29, 1.82) is 0 Å². The van der Waals surface area contributed by atoms with E-state index in [0.29, 0.717) is 96.2 Å². The van der Waals surface area contributed by atoms with Crippen molar-refractivity contribution in [3.05, 3.63) is 136 Å². The Hall–Kier alpha value is -9.78. The van der Waals surface area contributed by atoms with Crippen LogP contribution in [-0.2, 0) is 59.6 Å².